The monoisotopic (exact) mass is 381 g/mol. The molecule has 4 rings (SSSR count). The van der Waals surface area contributed by atoms with Crippen LogP contribution in [0.25, 0.3) is 10.2 Å². The second kappa shape index (κ2) is 8.56. The number of fused-ring (bicyclic) bond motifs is 1. The molecule has 1 unspecified atom stereocenters. The Bertz CT molecular complexity index is 865. The summed E-state index contributed by atoms with van der Waals surface area (Å²) in [7, 11) is 0. The van der Waals surface area contributed by atoms with E-state index in [9.17, 15) is 4.79 Å². The minimum absolute atomic E-state index is 0.0619. The van der Waals surface area contributed by atoms with Crippen LogP contribution in [0.3, 0.4) is 0 Å². The Morgan fingerprint density at radius 3 is 3.07 bits per heavy atom. The third kappa shape index (κ3) is 4.50. The number of carbonyl (C=O) groups is 1. The van der Waals surface area contributed by atoms with Gasteiger partial charge in [-0.25, -0.2) is 4.98 Å². The molecule has 140 valence electrons. The lowest BCUT2D eigenvalue weighted by Crippen LogP contribution is -2.49. The fourth-order valence-corrected chi connectivity index (χ4v) is 4.38. The molecule has 1 amide bonds. The van der Waals surface area contributed by atoms with Crippen molar-refractivity contribution < 1.29 is 4.79 Å². The van der Waals surface area contributed by atoms with Gasteiger partial charge in [-0.1, -0.05) is 18.2 Å². The van der Waals surface area contributed by atoms with E-state index in [-0.39, 0.29) is 11.9 Å². The first-order valence-electron chi connectivity index (χ1n) is 9.25. The second-order valence-corrected chi connectivity index (χ2v) is 7.77. The van der Waals surface area contributed by atoms with Gasteiger partial charge in [-0.05, 0) is 23.8 Å². The molecule has 3 heterocycles. The zero-order valence-electron chi connectivity index (χ0n) is 15.1. The summed E-state index contributed by atoms with van der Waals surface area (Å²) < 4.78 is 1.19. The van der Waals surface area contributed by atoms with Crippen LogP contribution in [0.4, 0.5) is 0 Å². The molecule has 1 fully saturated rings. The van der Waals surface area contributed by atoms with Crippen LogP contribution in [-0.4, -0.2) is 53.5 Å². The van der Waals surface area contributed by atoms with Crippen LogP contribution in [0, 0.1) is 0 Å². The SMILES string of the molecule is O=C(CN1CCNCC1c1cccnc1)NCCc1nc2ccccc2s1. The lowest BCUT2D eigenvalue weighted by atomic mass is 10.1. The molecule has 0 aliphatic carbocycles. The van der Waals surface area contributed by atoms with Crippen molar-refractivity contribution in [1.29, 1.82) is 0 Å². The minimum Gasteiger partial charge on any atom is -0.355 e. The fourth-order valence-electron chi connectivity index (χ4n) is 3.41. The number of hydrogen-bond donors (Lipinski definition) is 2. The number of para-hydroxylation sites is 1. The van der Waals surface area contributed by atoms with Crippen molar-refractivity contribution in [3.8, 4) is 0 Å². The van der Waals surface area contributed by atoms with E-state index in [1.807, 2.05) is 30.5 Å². The van der Waals surface area contributed by atoms with Crippen LogP contribution in [0.2, 0.25) is 0 Å². The molecule has 6 nitrogen and oxygen atoms in total. The molecule has 2 aromatic heterocycles. The maximum absolute atomic E-state index is 12.4. The van der Waals surface area contributed by atoms with Gasteiger partial charge in [0.25, 0.3) is 0 Å². The highest BCUT2D eigenvalue weighted by Crippen LogP contribution is 2.22. The smallest absolute Gasteiger partial charge is 0.234 e. The number of aromatic nitrogens is 2. The first kappa shape index (κ1) is 18.0. The molecule has 0 bridgehead atoms. The van der Waals surface area contributed by atoms with Crippen LogP contribution >= 0.6 is 11.3 Å². The van der Waals surface area contributed by atoms with Crippen molar-refractivity contribution in [3.05, 3.63) is 59.4 Å². The Labute approximate surface area is 162 Å². The summed E-state index contributed by atoms with van der Waals surface area (Å²) in [5.74, 6) is 0.0619. The molecule has 0 saturated carbocycles. The van der Waals surface area contributed by atoms with E-state index >= 15 is 0 Å². The number of amides is 1. The van der Waals surface area contributed by atoms with Gasteiger partial charge >= 0.3 is 0 Å². The predicted octanol–water partition coefficient (Wildman–Crippen LogP) is 2.00. The normalized spacial score (nSPS) is 17.9. The fraction of sp³-hybridized carbons (Fsp3) is 0.350. The van der Waals surface area contributed by atoms with Gasteiger partial charge < -0.3 is 10.6 Å². The summed E-state index contributed by atoms with van der Waals surface area (Å²) in [6.45, 7) is 3.61. The van der Waals surface area contributed by atoms with Crippen molar-refractivity contribution in [1.82, 2.24) is 25.5 Å². The molecule has 7 heteroatoms. The molecule has 1 saturated heterocycles. The Morgan fingerprint density at radius 1 is 1.30 bits per heavy atom. The summed E-state index contributed by atoms with van der Waals surface area (Å²) in [5.41, 5.74) is 2.18. The molecule has 3 aromatic rings. The maximum atomic E-state index is 12.4. The van der Waals surface area contributed by atoms with E-state index in [0.29, 0.717) is 13.1 Å². The number of piperazine rings is 1. The molecule has 0 radical (unpaired) electrons. The number of hydrogen-bond acceptors (Lipinski definition) is 6. The number of nitrogens with zero attached hydrogens (tertiary/aromatic N) is 3. The maximum Gasteiger partial charge on any atom is 0.234 e. The third-order valence-electron chi connectivity index (χ3n) is 4.77. The van der Waals surface area contributed by atoms with Gasteiger partial charge in [0.05, 0.1) is 21.8 Å². The Balaban J connectivity index is 1.30. The number of thiazole rings is 1. The van der Waals surface area contributed by atoms with Crippen LogP contribution in [0.15, 0.2) is 48.8 Å². The van der Waals surface area contributed by atoms with Crippen LogP contribution in [0.1, 0.15) is 16.6 Å². The molecule has 2 N–H and O–H groups in total. The van der Waals surface area contributed by atoms with Gasteiger partial charge in [-0.15, -0.1) is 11.3 Å². The predicted molar refractivity (Wildman–Crippen MR) is 108 cm³/mol. The topological polar surface area (TPSA) is 70.2 Å². The Kier molecular flexibility index (Phi) is 5.72. The zero-order valence-corrected chi connectivity index (χ0v) is 15.9. The summed E-state index contributed by atoms with van der Waals surface area (Å²) in [6, 6.07) is 12.3. The van der Waals surface area contributed by atoms with Gasteiger partial charge in [0.2, 0.25) is 5.91 Å². The number of carbonyl (C=O) groups excluding carboxylic acids is 1. The van der Waals surface area contributed by atoms with Crippen molar-refractivity contribution >= 4 is 27.5 Å². The van der Waals surface area contributed by atoms with Gasteiger partial charge in [0.1, 0.15) is 0 Å². The quantitative estimate of drug-likeness (QED) is 0.683. The van der Waals surface area contributed by atoms with E-state index in [0.717, 1.165) is 42.1 Å². The van der Waals surface area contributed by atoms with E-state index < -0.39 is 0 Å². The van der Waals surface area contributed by atoms with Crippen molar-refractivity contribution in [3.63, 3.8) is 0 Å². The van der Waals surface area contributed by atoms with Crippen molar-refractivity contribution in [2.45, 2.75) is 12.5 Å². The van der Waals surface area contributed by atoms with Crippen LogP contribution < -0.4 is 10.6 Å². The average Bonchev–Trinajstić information content (AvgIpc) is 3.12. The Hall–Kier alpha value is -2.35. The minimum atomic E-state index is 0.0619. The summed E-state index contributed by atoms with van der Waals surface area (Å²) >= 11 is 1.69. The molecular weight excluding hydrogens is 358 g/mol. The van der Waals surface area contributed by atoms with Crippen molar-refractivity contribution in [2.75, 3.05) is 32.7 Å². The van der Waals surface area contributed by atoms with E-state index in [1.54, 1.807) is 17.5 Å². The summed E-state index contributed by atoms with van der Waals surface area (Å²) in [6.07, 6.45) is 4.42. The van der Waals surface area contributed by atoms with Gasteiger partial charge in [0, 0.05) is 51.0 Å². The molecule has 0 spiro atoms. The molecule has 1 aliphatic heterocycles. The number of nitrogens with one attached hydrogen (secondary N) is 2. The summed E-state index contributed by atoms with van der Waals surface area (Å²) in [4.78, 5) is 23.5. The zero-order chi connectivity index (χ0) is 18.5. The van der Waals surface area contributed by atoms with Gasteiger partial charge in [-0.3, -0.25) is 14.7 Å². The van der Waals surface area contributed by atoms with Crippen LogP contribution in [-0.2, 0) is 11.2 Å². The van der Waals surface area contributed by atoms with Gasteiger partial charge in [-0.2, -0.15) is 0 Å². The van der Waals surface area contributed by atoms with E-state index in [4.69, 9.17) is 0 Å². The van der Waals surface area contributed by atoms with E-state index in [2.05, 4.69) is 37.6 Å². The van der Waals surface area contributed by atoms with Crippen molar-refractivity contribution in [2.24, 2.45) is 0 Å². The summed E-state index contributed by atoms with van der Waals surface area (Å²) in [5, 5.41) is 7.51. The average molecular weight is 382 g/mol. The highest BCUT2D eigenvalue weighted by atomic mass is 32.1. The van der Waals surface area contributed by atoms with E-state index in [1.165, 1.54) is 4.70 Å². The Morgan fingerprint density at radius 2 is 2.22 bits per heavy atom. The van der Waals surface area contributed by atoms with Crippen LogP contribution in [0.5, 0.6) is 0 Å². The second-order valence-electron chi connectivity index (χ2n) is 6.65. The molecule has 1 aliphatic rings. The molecule has 1 aromatic carbocycles. The van der Waals surface area contributed by atoms with Gasteiger partial charge in [0.15, 0.2) is 0 Å². The molecule has 27 heavy (non-hydrogen) atoms. The third-order valence-corrected chi connectivity index (χ3v) is 5.87. The number of rotatable bonds is 6. The number of benzene rings is 1. The highest BCUT2D eigenvalue weighted by Gasteiger charge is 2.25. The lowest BCUT2D eigenvalue weighted by Gasteiger charge is -2.35. The molecular formula is C20H23N5OS. The number of pyridine rings is 1. The largest absolute Gasteiger partial charge is 0.355 e. The molecule has 1 atom stereocenters. The lowest BCUT2D eigenvalue weighted by molar-refractivity contribution is -0.123. The standard InChI is InChI=1S/C20H23N5OS/c26-19(23-9-7-20-24-16-5-1-2-6-18(16)27-20)14-25-11-10-22-13-17(25)15-4-3-8-21-12-15/h1-6,8,12,17,22H,7,9-11,13-14H2,(H,23,26). The first-order chi connectivity index (χ1) is 13.3. The first-order valence-corrected chi connectivity index (χ1v) is 10.1. The highest BCUT2D eigenvalue weighted by molar-refractivity contribution is 7.18.